The van der Waals surface area contributed by atoms with E-state index in [2.05, 4.69) is 120 Å². The van der Waals surface area contributed by atoms with Gasteiger partial charge in [0.25, 0.3) is 0 Å². The Hall–Kier alpha value is -2.90. The van der Waals surface area contributed by atoms with Crippen molar-refractivity contribution in [2.45, 2.75) is 53.6 Å². The SMILES string of the molecule is CC(C)(C)C1=CC(C(C)(C)C)C(O)(C2=Cc3ccc4ccccc4c3C2)C(c2ccccc2)=C1. The smallest absolute Gasteiger partial charge is 0.119 e. The first kappa shape index (κ1) is 22.9. The van der Waals surface area contributed by atoms with Crippen LogP contribution in [0.5, 0.6) is 0 Å². The van der Waals surface area contributed by atoms with E-state index in [0.29, 0.717) is 0 Å². The molecule has 0 aromatic heterocycles. The Balaban J connectivity index is 1.73. The van der Waals surface area contributed by atoms with Gasteiger partial charge in [0, 0.05) is 5.92 Å². The summed E-state index contributed by atoms with van der Waals surface area (Å²) in [6, 6.07) is 23.5. The average molecular weight is 449 g/mol. The maximum absolute atomic E-state index is 12.9. The highest BCUT2D eigenvalue weighted by Crippen LogP contribution is 2.54. The molecule has 2 aliphatic rings. The molecule has 0 amide bonds. The van der Waals surface area contributed by atoms with Crippen molar-refractivity contribution in [3.8, 4) is 0 Å². The van der Waals surface area contributed by atoms with Crippen molar-refractivity contribution in [2.24, 2.45) is 16.7 Å². The van der Waals surface area contributed by atoms with E-state index in [1.165, 1.54) is 27.5 Å². The second-order valence-electron chi connectivity index (χ2n) is 12.1. The second-order valence-corrected chi connectivity index (χ2v) is 12.1. The Morgan fingerprint density at radius 1 is 0.794 bits per heavy atom. The number of aliphatic hydroxyl groups is 1. The van der Waals surface area contributed by atoms with Crippen LogP contribution < -0.4 is 0 Å². The lowest BCUT2D eigenvalue weighted by Gasteiger charge is -2.48. The van der Waals surface area contributed by atoms with Crippen molar-refractivity contribution >= 4 is 22.4 Å². The van der Waals surface area contributed by atoms with E-state index in [9.17, 15) is 5.11 Å². The molecule has 0 saturated carbocycles. The van der Waals surface area contributed by atoms with E-state index in [-0.39, 0.29) is 16.7 Å². The van der Waals surface area contributed by atoms with Gasteiger partial charge >= 0.3 is 0 Å². The first-order chi connectivity index (χ1) is 16.0. The van der Waals surface area contributed by atoms with Crippen LogP contribution in [0.15, 0.2) is 90.0 Å². The summed E-state index contributed by atoms with van der Waals surface area (Å²) in [7, 11) is 0. The number of hydrogen-bond donors (Lipinski definition) is 1. The van der Waals surface area contributed by atoms with Gasteiger partial charge in [0.2, 0.25) is 0 Å². The van der Waals surface area contributed by atoms with Gasteiger partial charge in [0.15, 0.2) is 0 Å². The molecule has 1 nitrogen and oxygen atoms in total. The van der Waals surface area contributed by atoms with Crippen LogP contribution in [0.2, 0.25) is 0 Å². The lowest BCUT2D eigenvalue weighted by molar-refractivity contribution is 0.0382. The van der Waals surface area contributed by atoms with Crippen molar-refractivity contribution in [1.82, 2.24) is 0 Å². The zero-order valence-electron chi connectivity index (χ0n) is 21.3. The maximum Gasteiger partial charge on any atom is 0.119 e. The molecule has 3 aromatic carbocycles. The van der Waals surface area contributed by atoms with E-state index < -0.39 is 5.60 Å². The highest BCUT2D eigenvalue weighted by Gasteiger charge is 2.51. The van der Waals surface area contributed by atoms with E-state index in [4.69, 9.17) is 0 Å². The fourth-order valence-electron chi connectivity index (χ4n) is 5.78. The van der Waals surface area contributed by atoms with E-state index in [0.717, 1.165) is 23.1 Å². The van der Waals surface area contributed by atoms with Gasteiger partial charge in [-0.05, 0) is 61.4 Å². The molecule has 0 fully saturated rings. The van der Waals surface area contributed by atoms with E-state index in [1.54, 1.807) is 0 Å². The van der Waals surface area contributed by atoms with Crippen molar-refractivity contribution in [1.29, 1.82) is 0 Å². The standard InChI is InChI=1S/C33H36O/c1-31(2,3)25-20-29(23-13-8-7-9-14-23)33(34,30(21-25)32(4,5)6)26-18-24-17-16-22-12-10-11-15-27(22)28(24)19-26/h7-18,20-21,30,34H,19H2,1-6H3. The molecule has 0 radical (unpaired) electrons. The fraction of sp³-hybridized carbons (Fsp3) is 0.333. The Morgan fingerprint density at radius 3 is 2.15 bits per heavy atom. The molecule has 1 heteroatoms. The van der Waals surface area contributed by atoms with Crippen LogP contribution >= 0.6 is 0 Å². The monoisotopic (exact) mass is 448 g/mol. The first-order valence-electron chi connectivity index (χ1n) is 12.4. The van der Waals surface area contributed by atoms with Crippen LogP contribution in [-0.2, 0) is 6.42 Å². The van der Waals surface area contributed by atoms with Gasteiger partial charge in [-0.25, -0.2) is 0 Å². The minimum absolute atomic E-state index is 0.00587. The van der Waals surface area contributed by atoms with Crippen molar-refractivity contribution in [3.63, 3.8) is 0 Å². The second kappa shape index (κ2) is 7.82. The summed E-state index contributed by atoms with van der Waals surface area (Å²) >= 11 is 0. The molecule has 0 saturated heterocycles. The molecule has 2 aliphatic carbocycles. The summed E-state index contributed by atoms with van der Waals surface area (Å²) in [6.07, 6.45) is 7.64. The Bertz CT molecular complexity index is 1340. The molecule has 3 aromatic rings. The van der Waals surface area contributed by atoms with Crippen molar-refractivity contribution in [3.05, 3.63) is 107 Å². The number of hydrogen-bond acceptors (Lipinski definition) is 1. The highest BCUT2D eigenvalue weighted by atomic mass is 16.3. The number of fused-ring (bicyclic) bond motifs is 3. The summed E-state index contributed by atoms with van der Waals surface area (Å²) in [5.74, 6) is -0.0544. The van der Waals surface area contributed by atoms with Gasteiger partial charge in [-0.3, -0.25) is 0 Å². The number of rotatable bonds is 2. The molecule has 2 atom stereocenters. The van der Waals surface area contributed by atoms with Crippen molar-refractivity contribution < 1.29 is 5.11 Å². The topological polar surface area (TPSA) is 20.2 Å². The van der Waals surface area contributed by atoms with Gasteiger partial charge in [0.1, 0.15) is 5.60 Å². The third-order valence-electron chi connectivity index (χ3n) is 7.65. The Morgan fingerprint density at radius 2 is 1.47 bits per heavy atom. The lowest BCUT2D eigenvalue weighted by Crippen LogP contribution is -2.48. The molecular weight excluding hydrogens is 412 g/mol. The molecule has 5 rings (SSSR count). The van der Waals surface area contributed by atoms with E-state index >= 15 is 0 Å². The van der Waals surface area contributed by atoms with Gasteiger partial charge in [-0.15, -0.1) is 0 Å². The highest BCUT2D eigenvalue weighted by molar-refractivity contribution is 5.93. The maximum atomic E-state index is 12.9. The summed E-state index contributed by atoms with van der Waals surface area (Å²) < 4.78 is 0. The van der Waals surface area contributed by atoms with Crippen LogP contribution in [0.4, 0.5) is 0 Å². The van der Waals surface area contributed by atoms with Gasteiger partial charge in [-0.2, -0.15) is 0 Å². The van der Waals surface area contributed by atoms with Crippen molar-refractivity contribution in [2.75, 3.05) is 0 Å². The van der Waals surface area contributed by atoms with Gasteiger partial charge < -0.3 is 5.11 Å². The van der Waals surface area contributed by atoms with Crippen LogP contribution in [0.3, 0.4) is 0 Å². The van der Waals surface area contributed by atoms with Gasteiger partial charge in [-0.1, -0.05) is 127 Å². The minimum Gasteiger partial charge on any atom is -0.380 e. The van der Waals surface area contributed by atoms with Crippen LogP contribution in [0.1, 0.15) is 58.2 Å². The third-order valence-corrected chi connectivity index (χ3v) is 7.65. The Kier molecular flexibility index (Phi) is 5.26. The molecule has 0 spiro atoms. The fourth-order valence-corrected chi connectivity index (χ4v) is 5.78. The molecule has 2 unspecified atom stereocenters. The number of allylic oxidation sites excluding steroid dienone is 2. The molecule has 0 heterocycles. The van der Waals surface area contributed by atoms with Crippen LogP contribution in [0.25, 0.3) is 22.4 Å². The molecule has 0 aliphatic heterocycles. The summed E-state index contributed by atoms with van der Waals surface area (Å²) in [5.41, 5.74) is 5.83. The largest absolute Gasteiger partial charge is 0.380 e. The predicted molar refractivity (Wildman–Crippen MR) is 145 cm³/mol. The zero-order valence-corrected chi connectivity index (χ0v) is 21.3. The lowest BCUT2D eigenvalue weighted by atomic mass is 9.59. The quantitative estimate of drug-likeness (QED) is 0.418. The van der Waals surface area contributed by atoms with Crippen LogP contribution in [0, 0.1) is 16.7 Å². The number of benzene rings is 3. The molecule has 1 N–H and O–H groups in total. The third kappa shape index (κ3) is 3.67. The first-order valence-corrected chi connectivity index (χ1v) is 12.4. The molecule has 34 heavy (non-hydrogen) atoms. The van der Waals surface area contributed by atoms with Crippen LogP contribution in [-0.4, -0.2) is 10.7 Å². The predicted octanol–water partition coefficient (Wildman–Crippen LogP) is 8.24. The normalized spacial score (nSPS) is 22.8. The average Bonchev–Trinajstić information content (AvgIpc) is 3.24. The zero-order chi connectivity index (χ0) is 24.3. The summed E-state index contributed by atoms with van der Waals surface area (Å²) in [5, 5.41) is 15.5. The Labute approximate surface area is 204 Å². The molecule has 174 valence electrons. The summed E-state index contributed by atoms with van der Waals surface area (Å²) in [4.78, 5) is 0. The molecule has 0 bridgehead atoms. The summed E-state index contributed by atoms with van der Waals surface area (Å²) in [6.45, 7) is 13.6. The molecular formula is C33H36O. The van der Waals surface area contributed by atoms with Gasteiger partial charge in [0.05, 0.1) is 0 Å². The minimum atomic E-state index is -1.09. The van der Waals surface area contributed by atoms with E-state index in [1.807, 2.05) is 6.07 Å².